The number of ether oxygens (including phenoxy) is 3. The predicted molar refractivity (Wildman–Crippen MR) is 146 cm³/mol. The number of methoxy groups -OCH3 is 3. The number of amides is 1. The lowest BCUT2D eigenvalue weighted by molar-refractivity contribution is -0.181. The second-order valence-corrected chi connectivity index (χ2v) is 11.2. The van der Waals surface area contributed by atoms with E-state index in [2.05, 4.69) is 0 Å². The van der Waals surface area contributed by atoms with Gasteiger partial charge in [-0.15, -0.1) is 0 Å². The lowest BCUT2D eigenvalue weighted by Gasteiger charge is -2.52. The van der Waals surface area contributed by atoms with Crippen molar-refractivity contribution in [1.82, 2.24) is 4.90 Å². The van der Waals surface area contributed by atoms with Crippen molar-refractivity contribution in [1.29, 1.82) is 0 Å². The van der Waals surface area contributed by atoms with Gasteiger partial charge < -0.3 is 30.2 Å². The van der Waals surface area contributed by atoms with E-state index in [1.165, 1.54) is 46.4 Å². The van der Waals surface area contributed by atoms with Crippen LogP contribution in [0.25, 0.3) is 11.1 Å². The Morgan fingerprint density at radius 2 is 1.60 bits per heavy atom. The summed E-state index contributed by atoms with van der Waals surface area (Å²) < 4.78 is 16.6. The highest BCUT2D eigenvalue weighted by Gasteiger charge is 2.69. The van der Waals surface area contributed by atoms with E-state index in [9.17, 15) is 34.2 Å². The third kappa shape index (κ3) is 3.85. The summed E-state index contributed by atoms with van der Waals surface area (Å²) in [5.74, 6) is -10.0. The standard InChI is InChI=1S/C30H32N2O10/c1-32(2)22-16-11-12-10-15-13(14-7-9-18(40-3)26(42-5)25(14)41-4)6-8-17(33)20(15)23(34)19(12)27(36)30(16,39)28(37)21(24(22)35)29(31)38/h6-9,12,16,19,21-22,33,39H,10-11H2,1-5H3,(H2,31,38)/t12-,16-,19?,21?,22?,30-/m0/s1. The van der Waals surface area contributed by atoms with Gasteiger partial charge in [0, 0.05) is 11.5 Å². The molecule has 2 aromatic carbocycles. The van der Waals surface area contributed by atoms with Crippen LogP contribution >= 0.6 is 0 Å². The van der Waals surface area contributed by atoms with Gasteiger partial charge in [-0.1, -0.05) is 6.07 Å². The van der Waals surface area contributed by atoms with Gasteiger partial charge in [0.25, 0.3) is 0 Å². The number of phenolic OH excluding ortho intramolecular Hbond substituents is 1. The molecule has 3 unspecified atom stereocenters. The number of hydrogen-bond donors (Lipinski definition) is 3. The van der Waals surface area contributed by atoms with Gasteiger partial charge in [-0.3, -0.25) is 28.9 Å². The number of likely N-dealkylation sites (N-methyl/N-ethyl adjacent to an activating group) is 1. The number of carbonyl (C=O) groups is 5. The quantitative estimate of drug-likeness (QED) is 0.406. The molecule has 3 aliphatic rings. The summed E-state index contributed by atoms with van der Waals surface area (Å²) >= 11 is 0. The Morgan fingerprint density at radius 1 is 0.952 bits per heavy atom. The molecule has 222 valence electrons. The maximum Gasteiger partial charge on any atom is 0.235 e. The Hall–Kier alpha value is -4.29. The number of aromatic hydroxyl groups is 1. The molecule has 0 saturated heterocycles. The first-order chi connectivity index (χ1) is 19.8. The van der Waals surface area contributed by atoms with Crippen LogP contribution in [-0.4, -0.2) is 91.2 Å². The van der Waals surface area contributed by atoms with E-state index in [0.717, 1.165) is 0 Å². The van der Waals surface area contributed by atoms with Gasteiger partial charge >= 0.3 is 0 Å². The summed E-state index contributed by atoms with van der Waals surface area (Å²) in [7, 11) is 7.46. The minimum atomic E-state index is -2.78. The SMILES string of the molecule is COc1ccc(-c2ccc(O)c3c2C[C@H]2C[C@H]4C(N(C)C)C(=O)C(C(N)=O)C(=O)[C@@]4(O)C(=O)C2C3=O)c(OC)c1OC. The molecule has 2 aromatic rings. The molecule has 0 bridgehead atoms. The number of phenols is 1. The minimum Gasteiger partial charge on any atom is -0.507 e. The average Bonchev–Trinajstić information content (AvgIpc) is 2.93. The predicted octanol–water partition coefficient (Wildman–Crippen LogP) is 0.560. The first kappa shape index (κ1) is 29.2. The molecular weight excluding hydrogens is 548 g/mol. The molecule has 5 rings (SSSR count). The summed E-state index contributed by atoms with van der Waals surface area (Å²) in [4.78, 5) is 68.3. The van der Waals surface area contributed by atoms with Gasteiger partial charge in [0.05, 0.1) is 38.9 Å². The van der Waals surface area contributed by atoms with Crippen molar-refractivity contribution in [2.24, 2.45) is 29.4 Å². The fourth-order valence-electron chi connectivity index (χ4n) is 7.17. The van der Waals surface area contributed by atoms with Crippen molar-refractivity contribution in [3.05, 3.63) is 35.4 Å². The molecule has 0 aromatic heterocycles. The van der Waals surface area contributed by atoms with E-state index in [1.54, 1.807) is 18.2 Å². The van der Waals surface area contributed by atoms with Crippen LogP contribution in [0.2, 0.25) is 0 Å². The highest BCUT2D eigenvalue weighted by molar-refractivity contribution is 6.32. The number of benzene rings is 2. The van der Waals surface area contributed by atoms with Gasteiger partial charge in [0.1, 0.15) is 5.75 Å². The number of nitrogens with two attached hydrogens (primary N) is 1. The monoisotopic (exact) mass is 580 g/mol. The lowest BCUT2D eigenvalue weighted by Crippen LogP contribution is -2.74. The number of Topliss-reactive ketones (excluding diaryl/α,β-unsaturated/α-hetero) is 4. The molecule has 0 spiro atoms. The van der Waals surface area contributed by atoms with Gasteiger partial charge in [0.2, 0.25) is 11.7 Å². The molecule has 12 nitrogen and oxygen atoms in total. The second kappa shape index (κ2) is 10.2. The Morgan fingerprint density at radius 3 is 2.17 bits per heavy atom. The van der Waals surface area contributed by atoms with Crippen LogP contribution in [-0.2, 0) is 25.6 Å². The van der Waals surface area contributed by atoms with Crippen LogP contribution in [0.15, 0.2) is 24.3 Å². The molecule has 1 amide bonds. The van der Waals surface area contributed by atoms with Crippen molar-refractivity contribution in [2.45, 2.75) is 24.5 Å². The summed E-state index contributed by atoms with van der Waals surface area (Å²) in [6, 6.07) is 5.16. The highest BCUT2D eigenvalue weighted by Crippen LogP contribution is 2.53. The van der Waals surface area contributed by atoms with Gasteiger partial charge in [-0.05, 0) is 62.2 Å². The van der Waals surface area contributed by atoms with E-state index < -0.39 is 64.4 Å². The molecule has 2 saturated carbocycles. The largest absolute Gasteiger partial charge is 0.507 e. The zero-order valence-corrected chi connectivity index (χ0v) is 23.8. The molecule has 6 atom stereocenters. The lowest BCUT2D eigenvalue weighted by atomic mass is 9.52. The highest BCUT2D eigenvalue weighted by atomic mass is 16.5. The number of aliphatic hydroxyl groups is 1. The van der Waals surface area contributed by atoms with Crippen LogP contribution in [0.3, 0.4) is 0 Å². The van der Waals surface area contributed by atoms with Crippen molar-refractivity contribution in [3.63, 3.8) is 0 Å². The van der Waals surface area contributed by atoms with Crippen LogP contribution < -0.4 is 19.9 Å². The molecule has 0 heterocycles. The molecular formula is C30H32N2O10. The second-order valence-electron chi connectivity index (χ2n) is 11.2. The van der Waals surface area contributed by atoms with Crippen LogP contribution in [0.1, 0.15) is 22.3 Å². The van der Waals surface area contributed by atoms with Crippen LogP contribution in [0.5, 0.6) is 23.0 Å². The summed E-state index contributed by atoms with van der Waals surface area (Å²) in [6.45, 7) is 0. The number of rotatable bonds is 6. The van der Waals surface area contributed by atoms with Crippen molar-refractivity contribution >= 4 is 29.0 Å². The molecule has 0 radical (unpaired) electrons. The zero-order valence-electron chi connectivity index (χ0n) is 23.8. The summed E-state index contributed by atoms with van der Waals surface area (Å²) in [5.41, 5.74) is 3.98. The molecule has 12 heteroatoms. The van der Waals surface area contributed by atoms with E-state index in [-0.39, 0.29) is 24.2 Å². The van der Waals surface area contributed by atoms with Gasteiger partial charge in [0.15, 0.2) is 46.2 Å². The van der Waals surface area contributed by atoms with Crippen LogP contribution in [0, 0.1) is 23.7 Å². The Labute approximate surface area is 241 Å². The minimum absolute atomic E-state index is 0.0535. The normalized spacial score (nSPS) is 28.6. The fraction of sp³-hybridized carbons (Fsp3) is 0.433. The van der Waals surface area contributed by atoms with Gasteiger partial charge in [-0.25, -0.2) is 0 Å². The third-order valence-corrected chi connectivity index (χ3v) is 8.94. The molecule has 42 heavy (non-hydrogen) atoms. The maximum atomic E-state index is 14.0. The molecule has 3 aliphatic carbocycles. The number of primary amides is 1. The van der Waals surface area contributed by atoms with Crippen molar-refractivity contribution < 1.29 is 48.4 Å². The van der Waals surface area contributed by atoms with E-state index in [4.69, 9.17) is 19.9 Å². The number of carbonyl (C=O) groups excluding carboxylic acids is 5. The third-order valence-electron chi connectivity index (χ3n) is 8.94. The Bertz CT molecular complexity index is 1550. The first-order valence-electron chi connectivity index (χ1n) is 13.3. The number of ketones is 4. The van der Waals surface area contributed by atoms with E-state index in [0.29, 0.717) is 33.9 Å². The summed E-state index contributed by atoms with van der Waals surface area (Å²) in [5, 5.41) is 22.6. The smallest absolute Gasteiger partial charge is 0.235 e. The number of fused-ring (bicyclic) bond motifs is 3. The fourth-order valence-corrected chi connectivity index (χ4v) is 7.17. The zero-order chi connectivity index (χ0) is 30.8. The Kier molecular flexibility index (Phi) is 7.10. The Balaban J connectivity index is 1.68. The van der Waals surface area contributed by atoms with E-state index in [1.807, 2.05) is 0 Å². The average molecular weight is 581 g/mol. The van der Waals surface area contributed by atoms with Gasteiger partial charge in [-0.2, -0.15) is 0 Å². The molecule has 4 N–H and O–H groups in total. The molecule has 0 aliphatic heterocycles. The van der Waals surface area contributed by atoms with Crippen molar-refractivity contribution in [2.75, 3.05) is 35.4 Å². The first-order valence-corrected chi connectivity index (χ1v) is 13.3. The van der Waals surface area contributed by atoms with Crippen molar-refractivity contribution in [3.8, 4) is 34.1 Å². The maximum absolute atomic E-state index is 14.0. The number of hydrogen-bond acceptors (Lipinski definition) is 11. The topological polar surface area (TPSA) is 183 Å². The summed E-state index contributed by atoms with van der Waals surface area (Å²) in [6.07, 6.45) is 0.0507. The number of nitrogens with zero attached hydrogens (tertiary/aromatic N) is 1. The van der Waals surface area contributed by atoms with Crippen LogP contribution in [0.4, 0.5) is 0 Å². The molecule has 2 fully saturated rings. The van der Waals surface area contributed by atoms with E-state index >= 15 is 0 Å².